The van der Waals surface area contributed by atoms with Gasteiger partial charge in [0.05, 0.1) is 16.9 Å². The Hall–Kier alpha value is -3.45. The lowest BCUT2D eigenvalue weighted by Gasteiger charge is -2.16. The van der Waals surface area contributed by atoms with Crippen molar-refractivity contribution in [3.05, 3.63) is 34.9 Å². The minimum atomic E-state index is -0.947. The van der Waals surface area contributed by atoms with Crippen molar-refractivity contribution in [1.82, 2.24) is 20.2 Å². The van der Waals surface area contributed by atoms with Crippen LogP contribution in [0, 0.1) is 0 Å². The van der Waals surface area contributed by atoms with Gasteiger partial charge in [-0.3, -0.25) is 9.59 Å². The number of rotatable bonds is 11. The number of carbonyl (C=O) groups excluding carboxylic acids is 3. The molecule has 1 aromatic carbocycles. The Morgan fingerprint density at radius 2 is 1.89 bits per heavy atom. The van der Waals surface area contributed by atoms with Gasteiger partial charge in [-0.2, -0.15) is 4.98 Å². The summed E-state index contributed by atoms with van der Waals surface area (Å²) in [5, 5.41) is 11.9. The molecule has 0 bridgehead atoms. The number of halogens is 1. The fraction of sp³-hybridized carbons (Fsp3) is 0.409. The van der Waals surface area contributed by atoms with E-state index in [4.69, 9.17) is 11.5 Å². The van der Waals surface area contributed by atoms with Gasteiger partial charge in [-0.15, -0.1) is 0 Å². The molecule has 1 aliphatic heterocycles. The number of carbonyl (C=O) groups is 3. The van der Waals surface area contributed by atoms with Crippen LogP contribution in [0.15, 0.2) is 34.9 Å². The van der Waals surface area contributed by atoms with Gasteiger partial charge < -0.3 is 37.6 Å². The van der Waals surface area contributed by atoms with Gasteiger partial charge in [0.25, 0.3) is 0 Å². The van der Waals surface area contributed by atoms with E-state index >= 15 is 0 Å². The molecule has 1 atom stereocenters. The highest BCUT2D eigenvalue weighted by atomic mass is 79.9. The zero-order chi connectivity index (χ0) is 25.2. The topological polar surface area (TPSA) is 180 Å². The third kappa shape index (κ3) is 8.37. The van der Waals surface area contributed by atoms with Crippen LogP contribution in [-0.2, 0) is 9.59 Å². The zero-order valence-corrected chi connectivity index (χ0v) is 20.8. The fourth-order valence-corrected chi connectivity index (χ4v) is 3.76. The number of nitrogens with one attached hydrogen (secondary N) is 4. The minimum absolute atomic E-state index is 0.0999. The Bertz CT molecular complexity index is 1050. The molecule has 188 valence electrons. The highest BCUT2D eigenvalue weighted by molar-refractivity contribution is 9.10. The summed E-state index contributed by atoms with van der Waals surface area (Å²) in [4.78, 5) is 45.6. The predicted octanol–water partition coefficient (Wildman–Crippen LogP) is 1.73. The Labute approximate surface area is 211 Å². The lowest BCUT2D eigenvalue weighted by Crippen LogP contribution is -2.43. The van der Waals surface area contributed by atoms with Gasteiger partial charge in [-0.1, -0.05) is 6.07 Å². The first kappa shape index (κ1) is 26.2. The molecule has 0 spiro atoms. The second-order valence-electron chi connectivity index (χ2n) is 8.07. The van der Waals surface area contributed by atoms with E-state index in [1.165, 1.54) is 0 Å². The second-order valence-corrected chi connectivity index (χ2v) is 8.92. The van der Waals surface area contributed by atoms with Gasteiger partial charge in [-0.25, -0.2) is 9.78 Å². The first-order valence-electron chi connectivity index (χ1n) is 11.3. The highest BCUT2D eigenvalue weighted by Gasteiger charge is 2.18. The summed E-state index contributed by atoms with van der Waals surface area (Å²) in [5.74, 6) is -0.0783. The molecule has 12 nitrogen and oxygen atoms in total. The molecular weight excluding hydrogens is 518 g/mol. The van der Waals surface area contributed by atoms with Crippen LogP contribution in [0.5, 0.6) is 0 Å². The van der Waals surface area contributed by atoms with Crippen LogP contribution in [0.1, 0.15) is 25.7 Å². The quantitative estimate of drug-likeness (QED) is 0.230. The maximum Gasteiger partial charge on any atom is 0.321 e. The van der Waals surface area contributed by atoms with Crippen LogP contribution in [-0.4, -0.2) is 64.9 Å². The van der Waals surface area contributed by atoms with Crippen LogP contribution in [0.3, 0.4) is 0 Å². The smallest absolute Gasteiger partial charge is 0.321 e. The number of hydrogen-bond donors (Lipinski definition) is 6. The molecule has 1 aromatic heterocycles. The third-order valence-electron chi connectivity index (χ3n) is 5.21. The van der Waals surface area contributed by atoms with Crippen LogP contribution < -0.4 is 32.7 Å². The molecule has 1 saturated heterocycles. The van der Waals surface area contributed by atoms with Crippen molar-refractivity contribution in [2.24, 2.45) is 11.5 Å². The number of urea groups is 1. The molecule has 1 fully saturated rings. The number of hydrogen-bond acceptors (Lipinski definition) is 8. The number of likely N-dealkylation sites (tertiary alicyclic amines) is 1. The van der Waals surface area contributed by atoms with Crippen molar-refractivity contribution in [1.29, 1.82) is 0 Å². The molecule has 0 unspecified atom stereocenters. The van der Waals surface area contributed by atoms with Gasteiger partial charge in [0.2, 0.25) is 17.8 Å². The summed E-state index contributed by atoms with van der Waals surface area (Å²) in [7, 11) is 0. The molecule has 2 aromatic rings. The summed E-state index contributed by atoms with van der Waals surface area (Å²) in [6.07, 6.45) is 4.11. The largest absolute Gasteiger partial charge is 0.370 e. The molecule has 0 saturated carbocycles. The summed E-state index contributed by atoms with van der Waals surface area (Å²) < 4.78 is 0.683. The predicted molar refractivity (Wildman–Crippen MR) is 137 cm³/mol. The van der Waals surface area contributed by atoms with Crippen molar-refractivity contribution in [3.8, 4) is 0 Å². The molecule has 3 rings (SSSR count). The van der Waals surface area contributed by atoms with Crippen LogP contribution >= 0.6 is 15.9 Å². The lowest BCUT2D eigenvalue weighted by atomic mass is 10.2. The van der Waals surface area contributed by atoms with Crippen molar-refractivity contribution in [2.75, 3.05) is 42.1 Å². The fourth-order valence-electron chi connectivity index (χ4n) is 3.43. The van der Waals surface area contributed by atoms with Gasteiger partial charge in [-0.05, 0) is 53.4 Å². The van der Waals surface area contributed by atoms with E-state index in [1.54, 1.807) is 11.1 Å². The van der Waals surface area contributed by atoms with Gasteiger partial charge in [0, 0.05) is 43.8 Å². The third-order valence-corrected chi connectivity index (χ3v) is 5.79. The SMILES string of the molecule is NC(=O)C[C@H](N)C(=O)NCCCNc1nc(Nc2cccc(NC(=O)N3CCCC3)c2)ncc1Br. The number of amides is 4. The van der Waals surface area contributed by atoms with Crippen molar-refractivity contribution in [3.63, 3.8) is 0 Å². The van der Waals surface area contributed by atoms with Crippen molar-refractivity contribution < 1.29 is 14.4 Å². The standard InChI is InChI=1S/C22H30BrN9O3/c23-16-13-28-21(31-19(16)26-7-4-8-27-20(34)17(24)12-18(25)33)29-14-5-3-6-15(11-14)30-22(35)32-9-1-2-10-32/h3,5-6,11,13,17H,1-2,4,7-10,12,24H2,(H2,25,33)(H,27,34)(H,30,35)(H2,26,28,29,31)/t17-/m0/s1. The Morgan fingerprint density at radius 1 is 1.14 bits per heavy atom. The summed E-state index contributed by atoms with van der Waals surface area (Å²) in [6, 6.07) is 6.29. The van der Waals surface area contributed by atoms with Crippen LogP contribution in [0.2, 0.25) is 0 Å². The van der Waals surface area contributed by atoms with E-state index in [1.807, 2.05) is 24.3 Å². The average Bonchev–Trinajstić information content (AvgIpc) is 3.36. The van der Waals surface area contributed by atoms with Gasteiger partial charge in [0.1, 0.15) is 5.82 Å². The zero-order valence-electron chi connectivity index (χ0n) is 19.2. The monoisotopic (exact) mass is 547 g/mol. The number of nitrogens with zero attached hydrogens (tertiary/aromatic N) is 3. The van der Waals surface area contributed by atoms with Gasteiger partial charge in [0.15, 0.2) is 0 Å². The van der Waals surface area contributed by atoms with E-state index < -0.39 is 17.9 Å². The lowest BCUT2D eigenvalue weighted by molar-refractivity contribution is -0.126. The van der Waals surface area contributed by atoms with E-state index in [2.05, 4.69) is 47.2 Å². The molecule has 8 N–H and O–H groups in total. The molecule has 4 amide bonds. The molecule has 13 heteroatoms. The molecule has 1 aliphatic rings. The Balaban J connectivity index is 1.49. The maximum absolute atomic E-state index is 12.3. The average molecular weight is 548 g/mol. The molecular formula is C22H30BrN9O3. The summed E-state index contributed by atoms with van der Waals surface area (Å²) in [6.45, 7) is 2.46. The number of aromatic nitrogens is 2. The number of primary amides is 1. The number of anilines is 4. The van der Waals surface area contributed by atoms with Crippen LogP contribution in [0.25, 0.3) is 0 Å². The van der Waals surface area contributed by atoms with Crippen molar-refractivity contribution in [2.45, 2.75) is 31.7 Å². The summed E-state index contributed by atoms with van der Waals surface area (Å²) in [5.41, 5.74) is 12.1. The van der Waals surface area contributed by atoms with Gasteiger partial charge >= 0.3 is 6.03 Å². The Morgan fingerprint density at radius 3 is 2.63 bits per heavy atom. The minimum Gasteiger partial charge on any atom is -0.370 e. The van der Waals surface area contributed by atoms with E-state index in [0.717, 1.165) is 31.6 Å². The molecule has 35 heavy (non-hydrogen) atoms. The Kier molecular flexibility index (Phi) is 9.61. The first-order chi connectivity index (χ1) is 16.8. The number of benzene rings is 1. The summed E-state index contributed by atoms with van der Waals surface area (Å²) >= 11 is 3.42. The first-order valence-corrected chi connectivity index (χ1v) is 12.1. The number of nitrogens with two attached hydrogens (primary N) is 2. The highest BCUT2D eigenvalue weighted by Crippen LogP contribution is 2.23. The van der Waals surface area contributed by atoms with E-state index in [0.29, 0.717) is 41.4 Å². The maximum atomic E-state index is 12.3. The normalized spacial score (nSPS) is 13.7. The molecule has 0 aliphatic carbocycles. The van der Waals surface area contributed by atoms with E-state index in [9.17, 15) is 14.4 Å². The second kappa shape index (κ2) is 12.9. The molecule has 2 heterocycles. The molecule has 0 radical (unpaired) electrons. The van der Waals surface area contributed by atoms with Crippen molar-refractivity contribution >= 4 is 56.9 Å². The van der Waals surface area contributed by atoms with Crippen LogP contribution in [0.4, 0.5) is 27.9 Å². The van der Waals surface area contributed by atoms with E-state index in [-0.39, 0.29) is 12.5 Å².